The molecule has 1 fully saturated rings. The van der Waals surface area contributed by atoms with E-state index in [0.717, 1.165) is 0 Å². The van der Waals surface area contributed by atoms with Crippen molar-refractivity contribution in [3.8, 4) is 0 Å². The molecule has 0 bridgehead atoms. The molecule has 2 unspecified atom stereocenters. The Balaban J connectivity index is 2.91. The van der Waals surface area contributed by atoms with Gasteiger partial charge in [-0.3, -0.25) is 19.2 Å². The third-order valence-corrected chi connectivity index (χ3v) is 5.03. The quantitative estimate of drug-likeness (QED) is 0.307. The molecule has 12 heteroatoms. The van der Waals surface area contributed by atoms with Gasteiger partial charge in [-0.25, -0.2) is 10.0 Å². The van der Waals surface area contributed by atoms with Crippen LogP contribution in [0.15, 0.2) is 0 Å². The summed E-state index contributed by atoms with van der Waals surface area (Å²) in [6, 6.07) is 0. The fraction of sp³-hybridized carbons (Fsp3) is 0.778. The predicted octanol–water partition coefficient (Wildman–Crippen LogP) is 0.220. The van der Waals surface area contributed by atoms with Crippen molar-refractivity contribution in [3.05, 3.63) is 0 Å². The van der Waals surface area contributed by atoms with Gasteiger partial charge in [0.15, 0.2) is 0 Å². The zero-order valence-electron chi connectivity index (χ0n) is 17.0. The molecule has 1 heterocycles. The molecule has 0 spiro atoms. The van der Waals surface area contributed by atoms with Gasteiger partial charge < -0.3 is 20.4 Å². The second-order valence-corrected chi connectivity index (χ2v) is 7.64. The van der Waals surface area contributed by atoms with E-state index in [1.807, 2.05) is 0 Å². The smallest absolute Gasteiger partial charge is 0.319 e. The summed E-state index contributed by atoms with van der Waals surface area (Å²) >= 11 is 0. The lowest BCUT2D eigenvalue weighted by molar-refractivity contribution is -0.143. The van der Waals surface area contributed by atoms with Gasteiger partial charge in [0, 0.05) is 25.9 Å². The van der Waals surface area contributed by atoms with Gasteiger partial charge in [0.05, 0.1) is 0 Å². The number of hydrogen-bond donors (Lipinski definition) is 6. The molecule has 0 aliphatic carbocycles. The maximum atomic E-state index is 11.2. The van der Waals surface area contributed by atoms with Crippen molar-refractivity contribution in [2.24, 2.45) is 11.8 Å². The summed E-state index contributed by atoms with van der Waals surface area (Å²) in [4.78, 5) is 44.6. The molecular weight excluding hydrogens is 400 g/mol. The topological polar surface area (TPSA) is 180 Å². The second kappa shape index (κ2) is 13.9. The van der Waals surface area contributed by atoms with Gasteiger partial charge >= 0.3 is 23.9 Å². The average molecular weight is 432 g/mol. The van der Waals surface area contributed by atoms with Crippen LogP contribution in [0.5, 0.6) is 0 Å². The Morgan fingerprint density at radius 3 is 1.57 bits per heavy atom. The minimum atomic E-state index is -1.09. The highest BCUT2D eigenvalue weighted by Gasteiger charge is 2.21. The molecule has 2 atom stereocenters. The number of carbonyl (C=O) groups is 4. The minimum absolute atomic E-state index is 0.00355. The minimum Gasteiger partial charge on any atom is -0.481 e. The fourth-order valence-corrected chi connectivity index (χ4v) is 3.55. The Hall–Kier alpha value is -2.28. The van der Waals surface area contributed by atoms with Crippen LogP contribution in [0.2, 0.25) is 0 Å². The lowest BCUT2D eigenvalue weighted by Crippen LogP contribution is -2.57. The molecule has 1 saturated heterocycles. The summed E-state index contributed by atoms with van der Waals surface area (Å²) in [5.41, 5.74) is 5.42. The molecule has 30 heavy (non-hydrogen) atoms. The zero-order valence-corrected chi connectivity index (χ0v) is 17.0. The van der Waals surface area contributed by atoms with Crippen LogP contribution in [-0.2, 0) is 19.2 Å². The average Bonchev–Trinajstić information content (AvgIpc) is 2.61. The van der Waals surface area contributed by atoms with E-state index in [1.54, 1.807) is 0 Å². The van der Waals surface area contributed by atoms with Gasteiger partial charge in [-0.05, 0) is 43.9 Å². The lowest BCUT2D eigenvalue weighted by Gasteiger charge is -2.29. The summed E-state index contributed by atoms with van der Waals surface area (Å²) in [5.74, 6) is -4.32. The van der Waals surface area contributed by atoms with Crippen molar-refractivity contribution in [1.29, 1.82) is 0 Å². The molecule has 6 N–H and O–H groups in total. The van der Waals surface area contributed by atoms with Crippen LogP contribution in [0, 0.1) is 11.8 Å². The first-order chi connectivity index (χ1) is 14.2. The Bertz CT molecular complexity index is 539. The number of carboxylic acids is 4. The molecule has 0 aromatic carbocycles. The highest BCUT2D eigenvalue weighted by Crippen LogP contribution is 2.25. The molecule has 0 saturated carbocycles. The summed E-state index contributed by atoms with van der Waals surface area (Å²) in [7, 11) is 0. The van der Waals surface area contributed by atoms with Crippen LogP contribution in [-0.4, -0.2) is 80.5 Å². The molecule has 1 aliphatic rings. The van der Waals surface area contributed by atoms with Crippen molar-refractivity contribution >= 4 is 23.9 Å². The number of nitrogens with one attached hydrogen (secondary N) is 2. The number of rotatable bonds is 8. The van der Waals surface area contributed by atoms with E-state index >= 15 is 0 Å². The monoisotopic (exact) mass is 432 g/mol. The van der Waals surface area contributed by atoms with Crippen molar-refractivity contribution in [3.63, 3.8) is 0 Å². The Kier molecular flexibility index (Phi) is 11.9. The number of aliphatic carboxylic acids is 4. The standard InChI is InChI=1S/C18H32N4O8/c23-15(24)9-13-3-1-2-7-21(11-17(27)28)19-20-22(12-18(29)30)8-6-14(5-4-13)10-16(25)26/h13-14,19-20H,1-12H2,(H,23,24)(H,25,26)(H,27,28)(H,29,30). The Labute approximate surface area is 174 Å². The van der Waals surface area contributed by atoms with Gasteiger partial charge in [-0.2, -0.15) is 11.1 Å². The third-order valence-electron chi connectivity index (χ3n) is 5.03. The van der Waals surface area contributed by atoms with Gasteiger partial charge in [-0.1, -0.05) is 6.42 Å². The number of carboxylic acid groups (broad SMARTS) is 4. The first-order valence-corrected chi connectivity index (χ1v) is 10.0. The molecule has 172 valence electrons. The van der Waals surface area contributed by atoms with E-state index in [1.165, 1.54) is 10.0 Å². The molecule has 0 aromatic rings. The maximum absolute atomic E-state index is 11.2. The van der Waals surface area contributed by atoms with E-state index in [0.29, 0.717) is 45.1 Å². The maximum Gasteiger partial charge on any atom is 0.319 e. The van der Waals surface area contributed by atoms with Gasteiger partial charge in [-0.15, -0.1) is 0 Å². The molecule has 0 radical (unpaired) electrons. The first-order valence-electron chi connectivity index (χ1n) is 10.0. The van der Waals surface area contributed by atoms with Gasteiger partial charge in [0.1, 0.15) is 13.1 Å². The second-order valence-electron chi connectivity index (χ2n) is 7.64. The van der Waals surface area contributed by atoms with Crippen LogP contribution in [0.3, 0.4) is 0 Å². The van der Waals surface area contributed by atoms with Crippen molar-refractivity contribution < 1.29 is 39.6 Å². The predicted molar refractivity (Wildman–Crippen MR) is 104 cm³/mol. The van der Waals surface area contributed by atoms with Crippen molar-refractivity contribution in [1.82, 2.24) is 21.1 Å². The highest BCUT2D eigenvalue weighted by atomic mass is 16.4. The summed E-state index contributed by atoms with van der Waals surface area (Å²) in [6.07, 6.45) is 3.41. The van der Waals surface area contributed by atoms with Crippen LogP contribution in [0.4, 0.5) is 0 Å². The molecule has 1 aliphatic heterocycles. The molecule has 0 aromatic heterocycles. The highest BCUT2D eigenvalue weighted by molar-refractivity contribution is 5.69. The molecule has 0 amide bonds. The van der Waals surface area contributed by atoms with Crippen LogP contribution >= 0.6 is 0 Å². The van der Waals surface area contributed by atoms with Crippen LogP contribution in [0.25, 0.3) is 0 Å². The fourth-order valence-electron chi connectivity index (χ4n) is 3.55. The third kappa shape index (κ3) is 12.3. The first kappa shape index (κ1) is 25.8. The van der Waals surface area contributed by atoms with Gasteiger partial charge in [0.25, 0.3) is 0 Å². The van der Waals surface area contributed by atoms with E-state index in [-0.39, 0.29) is 44.3 Å². The normalized spacial score (nSPS) is 23.3. The van der Waals surface area contributed by atoms with Gasteiger partial charge in [0.2, 0.25) is 0 Å². The summed E-state index contributed by atoms with van der Waals surface area (Å²) in [6.45, 7) is -0.0765. The van der Waals surface area contributed by atoms with E-state index in [9.17, 15) is 24.3 Å². The molecule has 12 nitrogen and oxygen atoms in total. The lowest BCUT2D eigenvalue weighted by atomic mass is 9.87. The summed E-state index contributed by atoms with van der Waals surface area (Å²) < 4.78 is 0. The van der Waals surface area contributed by atoms with E-state index in [4.69, 9.17) is 15.3 Å². The SMILES string of the molecule is O=C(O)CC1CCCCN(CC(=O)O)NNN(CC(=O)O)CCC(CC(=O)O)CC1. The van der Waals surface area contributed by atoms with Crippen molar-refractivity contribution in [2.75, 3.05) is 26.2 Å². The largest absolute Gasteiger partial charge is 0.481 e. The Morgan fingerprint density at radius 1 is 0.633 bits per heavy atom. The molecule has 1 rings (SSSR count). The number of hydrogen-bond acceptors (Lipinski definition) is 8. The van der Waals surface area contributed by atoms with Crippen LogP contribution in [0.1, 0.15) is 51.4 Å². The zero-order chi connectivity index (χ0) is 22.5. The number of nitrogens with zero attached hydrogens (tertiary/aromatic N) is 2. The number of hydrazine groups is 3. The van der Waals surface area contributed by atoms with E-state index < -0.39 is 23.9 Å². The van der Waals surface area contributed by atoms with Crippen LogP contribution < -0.4 is 11.1 Å². The van der Waals surface area contributed by atoms with E-state index in [2.05, 4.69) is 11.1 Å². The summed E-state index contributed by atoms with van der Waals surface area (Å²) in [5, 5.41) is 39.3. The molecular formula is C18H32N4O8. The Morgan fingerprint density at radius 2 is 1.10 bits per heavy atom. The van der Waals surface area contributed by atoms with Crippen molar-refractivity contribution in [2.45, 2.75) is 51.4 Å².